The summed E-state index contributed by atoms with van der Waals surface area (Å²) in [5.41, 5.74) is 0.537. The molecule has 1 unspecified atom stereocenters. The summed E-state index contributed by atoms with van der Waals surface area (Å²) in [5, 5.41) is 2.89. The Hall–Kier alpha value is -1.12. The van der Waals surface area contributed by atoms with E-state index in [-0.39, 0.29) is 17.7 Å². The summed E-state index contributed by atoms with van der Waals surface area (Å²) in [7, 11) is 0. The molecule has 1 heterocycles. The lowest BCUT2D eigenvalue weighted by atomic mass is 9.99. The lowest BCUT2D eigenvalue weighted by molar-refractivity contribution is -0.126. The number of Topliss-reactive ketones (excluding diaryl/α,β-unsaturated/α-hetero) is 1. The van der Waals surface area contributed by atoms with Gasteiger partial charge in [0.15, 0.2) is 5.78 Å². The molecule has 19 heavy (non-hydrogen) atoms. The number of rotatable bonds is 2. The van der Waals surface area contributed by atoms with Crippen LogP contribution < -0.4 is 5.32 Å². The van der Waals surface area contributed by atoms with Crippen LogP contribution >= 0.6 is 0 Å². The highest BCUT2D eigenvalue weighted by Gasteiger charge is 2.20. The molecular weight excluding hydrogens is 238 g/mol. The third kappa shape index (κ3) is 6.55. The minimum atomic E-state index is -0.356. The maximum absolute atomic E-state index is 12.0. The molecule has 1 amide bonds. The molecule has 1 fully saturated rings. The van der Waals surface area contributed by atoms with Crippen LogP contribution in [0.15, 0.2) is 12.2 Å². The Kier molecular flexibility index (Phi) is 7.46. The van der Waals surface area contributed by atoms with Gasteiger partial charge in [-0.2, -0.15) is 0 Å². The third-order valence-electron chi connectivity index (χ3n) is 3.72. The Bertz CT molecular complexity index is 323. The first-order chi connectivity index (χ1) is 9.11. The summed E-state index contributed by atoms with van der Waals surface area (Å²) in [6.45, 7) is 5.42. The Labute approximate surface area is 116 Å². The van der Waals surface area contributed by atoms with Crippen LogP contribution in [0.4, 0.5) is 0 Å². The second-order valence-electron chi connectivity index (χ2n) is 5.63. The zero-order valence-electron chi connectivity index (χ0n) is 12.2. The minimum absolute atomic E-state index is 0.0109. The van der Waals surface area contributed by atoms with E-state index in [1.165, 1.54) is 25.7 Å². The van der Waals surface area contributed by atoms with E-state index < -0.39 is 0 Å². The van der Waals surface area contributed by atoms with Gasteiger partial charge in [-0.05, 0) is 25.3 Å². The highest BCUT2D eigenvalue weighted by atomic mass is 16.2. The fourth-order valence-corrected chi connectivity index (χ4v) is 2.53. The fourth-order valence-electron chi connectivity index (χ4n) is 2.53. The predicted molar refractivity (Wildman–Crippen MR) is 77.9 cm³/mol. The van der Waals surface area contributed by atoms with Crippen molar-refractivity contribution in [1.82, 2.24) is 5.32 Å². The number of hydrogen-bond donors (Lipinski definition) is 1. The van der Waals surface area contributed by atoms with Gasteiger partial charge in [-0.25, -0.2) is 0 Å². The normalized spacial score (nSPS) is 23.4. The van der Waals surface area contributed by atoms with Crippen LogP contribution in [0.25, 0.3) is 0 Å². The van der Waals surface area contributed by atoms with Crippen molar-refractivity contribution in [3.63, 3.8) is 0 Å². The molecule has 0 saturated carbocycles. The largest absolute Gasteiger partial charge is 0.346 e. The minimum Gasteiger partial charge on any atom is -0.346 e. The molecule has 3 heteroatoms. The first-order valence-corrected chi connectivity index (χ1v) is 7.60. The fraction of sp³-hybridized carbons (Fsp3) is 0.750. The molecule has 0 bridgehead atoms. The molecule has 1 aliphatic heterocycles. The van der Waals surface area contributed by atoms with Crippen LogP contribution in [0, 0.1) is 0 Å². The van der Waals surface area contributed by atoms with E-state index in [4.69, 9.17) is 0 Å². The van der Waals surface area contributed by atoms with Crippen LogP contribution in [0.1, 0.15) is 71.1 Å². The zero-order valence-corrected chi connectivity index (χ0v) is 12.2. The summed E-state index contributed by atoms with van der Waals surface area (Å²) >= 11 is 0. The van der Waals surface area contributed by atoms with Crippen LogP contribution in [-0.4, -0.2) is 17.7 Å². The topological polar surface area (TPSA) is 46.2 Å². The molecule has 1 N–H and O–H groups in total. The van der Waals surface area contributed by atoms with Crippen LogP contribution in [0.3, 0.4) is 0 Å². The smallest absolute Gasteiger partial charge is 0.220 e. The first-order valence-electron chi connectivity index (χ1n) is 7.60. The lowest BCUT2D eigenvalue weighted by Crippen LogP contribution is -2.41. The van der Waals surface area contributed by atoms with Crippen molar-refractivity contribution < 1.29 is 9.59 Å². The molecule has 3 nitrogen and oxygen atoms in total. The number of carbonyl (C=O) groups is 2. The van der Waals surface area contributed by atoms with Gasteiger partial charge in [0.2, 0.25) is 5.91 Å². The molecular formula is C16H27NO2. The van der Waals surface area contributed by atoms with Crippen molar-refractivity contribution in [2.45, 2.75) is 77.2 Å². The van der Waals surface area contributed by atoms with Gasteiger partial charge >= 0.3 is 0 Å². The van der Waals surface area contributed by atoms with E-state index in [9.17, 15) is 9.59 Å². The quantitative estimate of drug-likeness (QED) is 0.776. The molecule has 1 atom stereocenters. The number of ketones is 1. The second-order valence-corrected chi connectivity index (χ2v) is 5.63. The van der Waals surface area contributed by atoms with E-state index in [1.807, 2.05) is 0 Å². The predicted octanol–water partition coefficient (Wildman–Crippen LogP) is 3.53. The number of hydrogen-bond acceptors (Lipinski definition) is 2. The van der Waals surface area contributed by atoms with Gasteiger partial charge in [-0.1, -0.05) is 51.5 Å². The molecule has 0 aromatic heterocycles. The zero-order chi connectivity index (χ0) is 14.1. The van der Waals surface area contributed by atoms with Crippen molar-refractivity contribution in [2.75, 3.05) is 0 Å². The average molecular weight is 265 g/mol. The van der Waals surface area contributed by atoms with E-state index in [0.29, 0.717) is 12.0 Å². The number of amides is 1. The van der Waals surface area contributed by atoms with Gasteiger partial charge in [0.25, 0.3) is 0 Å². The molecule has 1 saturated heterocycles. The Balaban J connectivity index is 2.57. The maximum Gasteiger partial charge on any atom is 0.220 e. The summed E-state index contributed by atoms with van der Waals surface area (Å²) in [4.78, 5) is 23.8. The Morgan fingerprint density at radius 2 is 1.58 bits per heavy atom. The van der Waals surface area contributed by atoms with Gasteiger partial charge in [0.1, 0.15) is 0 Å². The second kappa shape index (κ2) is 8.89. The van der Waals surface area contributed by atoms with Crippen molar-refractivity contribution in [3.05, 3.63) is 12.2 Å². The van der Waals surface area contributed by atoms with Crippen molar-refractivity contribution in [3.8, 4) is 0 Å². The molecule has 0 spiro atoms. The van der Waals surface area contributed by atoms with Gasteiger partial charge in [-0.3, -0.25) is 9.59 Å². The monoisotopic (exact) mass is 265 g/mol. The third-order valence-corrected chi connectivity index (χ3v) is 3.72. The Morgan fingerprint density at radius 1 is 1.05 bits per heavy atom. The van der Waals surface area contributed by atoms with E-state index in [2.05, 4.69) is 11.9 Å². The van der Waals surface area contributed by atoms with Gasteiger partial charge in [0, 0.05) is 6.42 Å². The summed E-state index contributed by atoms with van der Waals surface area (Å²) in [6.07, 6.45) is 10.5. The summed E-state index contributed by atoms with van der Waals surface area (Å²) in [6, 6.07) is -0.356. The number of carbonyl (C=O) groups excluding carboxylic acids is 2. The lowest BCUT2D eigenvalue weighted by Gasteiger charge is -2.17. The molecule has 0 aliphatic carbocycles. The van der Waals surface area contributed by atoms with Gasteiger partial charge in [-0.15, -0.1) is 0 Å². The average Bonchev–Trinajstić information content (AvgIpc) is 2.39. The van der Waals surface area contributed by atoms with Crippen LogP contribution in [0.5, 0.6) is 0 Å². The van der Waals surface area contributed by atoms with Gasteiger partial charge < -0.3 is 5.32 Å². The van der Waals surface area contributed by atoms with Crippen molar-refractivity contribution in [1.29, 1.82) is 0 Å². The molecule has 0 aromatic carbocycles. The van der Waals surface area contributed by atoms with E-state index in [0.717, 1.165) is 32.1 Å². The first kappa shape index (κ1) is 15.9. The molecule has 1 aliphatic rings. The van der Waals surface area contributed by atoms with Gasteiger partial charge in [0.05, 0.1) is 6.04 Å². The SMILES string of the molecule is C=C(C)C(=O)C1CCCCCCCCCCC(=O)N1. The maximum atomic E-state index is 12.0. The standard InChI is InChI=1S/C16H27NO2/c1-13(2)16(19)14-11-9-7-5-3-4-6-8-10-12-15(18)17-14/h14H,1,3-12H2,2H3,(H,17,18). The van der Waals surface area contributed by atoms with Crippen LogP contribution in [0.2, 0.25) is 0 Å². The van der Waals surface area contributed by atoms with Crippen LogP contribution in [-0.2, 0) is 9.59 Å². The Morgan fingerprint density at radius 3 is 2.16 bits per heavy atom. The van der Waals surface area contributed by atoms with Crippen molar-refractivity contribution in [2.24, 2.45) is 0 Å². The highest BCUT2D eigenvalue weighted by molar-refractivity contribution is 6.00. The number of nitrogens with one attached hydrogen (secondary N) is 1. The highest BCUT2D eigenvalue weighted by Crippen LogP contribution is 2.14. The van der Waals surface area contributed by atoms with E-state index in [1.54, 1.807) is 6.92 Å². The molecule has 1 rings (SSSR count). The summed E-state index contributed by atoms with van der Waals surface area (Å²) in [5.74, 6) is 0.00192. The molecule has 108 valence electrons. The summed E-state index contributed by atoms with van der Waals surface area (Å²) < 4.78 is 0. The molecule has 0 aromatic rings. The van der Waals surface area contributed by atoms with E-state index >= 15 is 0 Å². The molecule has 0 radical (unpaired) electrons. The van der Waals surface area contributed by atoms with Crippen molar-refractivity contribution >= 4 is 11.7 Å².